The molecule has 144 valence electrons. The fourth-order valence-corrected chi connectivity index (χ4v) is 4.75. The van der Waals surface area contributed by atoms with E-state index in [9.17, 15) is 9.59 Å². The summed E-state index contributed by atoms with van der Waals surface area (Å²) >= 11 is 6.17. The molecule has 2 aromatic rings. The van der Waals surface area contributed by atoms with E-state index in [0.29, 0.717) is 30.4 Å². The fourth-order valence-electron chi connectivity index (χ4n) is 4.54. The van der Waals surface area contributed by atoms with Gasteiger partial charge in [-0.05, 0) is 23.8 Å². The molecule has 7 heteroatoms. The molecular formula is C21H19ClN2O4. The van der Waals surface area contributed by atoms with E-state index in [1.54, 1.807) is 23.3 Å². The third-order valence-electron chi connectivity index (χ3n) is 5.82. The van der Waals surface area contributed by atoms with Gasteiger partial charge in [0.1, 0.15) is 11.4 Å². The summed E-state index contributed by atoms with van der Waals surface area (Å²) in [6.45, 7) is 1.12. The highest BCUT2D eigenvalue weighted by Gasteiger charge is 2.66. The Balaban J connectivity index is 1.33. The van der Waals surface area contributed by atoms with Gasteiger partial charge in [0.15, 0.2) is 0 Å². The van der Waals surface area contributed by atoms with Gasteiger partial charge in [0.25, 0.3) is 0 Å². The standard InChI is InChI=1S/C21H19ClN2O4/c22-15-6-2-1-4-13(15)10-23-19(25)17-16-7-8-21(28-16)12-24(20(26)18(17)21)11-14-5-3-9-27-14/h1-9,16-18H,10-12H2,(H,23,25). The first-order chi connectivity index (χ1) is 13.6. The van der Waals surface area contributed by atoms with Crippen molar-refractivity contribution in [1.82, 2.24) is 10.2 Å². The molecule has 2 bridgehead atoms. The van der Waals surface area contributed by atoms with Crippen molar-refractivity contribution in [2.24, 2.45) is 11.8 Å². The van der Waals surface area contributed by atoms with Gasteiger partial charge in [0, 0.05) is 11.6 Å². The van der Waals surface area contributed by atoms with Crippen LogP contribution in [0.5, 0.6) is 0 Å². The van der Waals surface area contributed by atoms with Crippen molar-refractivity contribution in [2.75, 3.05) is 6.54 Å². The van der Waals surface area contributed by atoms with Crippen molar-refractivity contribution in [3.8, 4) is 0 Å². The summed E-state index contributed by atoms with van der Waals surface area (Å²) < 4.78 is 11.5. The summed E-state index contributed by atoms with van der Waals surface area (Å²) in [4.78, 5) is 27.8. The maximum Gasteiger partial charge on any atom is 0.230 e. The number of carbonyl (C=O) groups excluding carboxylic acids is 2. The van der Waals surface area contributed by atoms with E-state index < -0.39 is 17.4 Å². The van der Waals surface area contributed by atoms with E-state index in [1.807, 2.05) is 36.4 Å². The normalized spacial score (nSPS) is 30.1. The van der Waals surface area contributed by atoms with E-state index in [2.05, 4.69) is 5.32 Å². The Kier molecular flexibility index (Phi) is 4.07. The lowest BCUT2D eigenvalue weighted by atomic mass is 9.77. The van der Waals surface area contributed by atoms with Crippen LogP contribution in [0.15, 0.2) is 59.2 Å². The molecule has 0 aliphatic carbocycles. The Hall–Kier alpha value is -2.57. The van der Waals surface area contributed by atoms with Crippen LogP contribution < -0.4 is 5.32 Å². The fraction of sp³-hybridized carbons (Fsp3) is 0.333. The van der Waals surface area contributed by atoms with Gasteiger partial charge in [-0.3, -0.25) is 9.59 Å². The van der Waals surface area contributed by atoms with Crippen LogP contribution in [0.25, 0.3) is 0 Å². The molecule has 5 rings (SSSR count). The second-order valence-corrected chi connectivity index (χ2v) is 7.89. The highest BCUT2D eigenvalue weighted by atomic mass is 35.5. The van der Waals surface area contributed by atoms with Crippen LogP contribution in [0, 0.1) is 11.8 Å². The largest absolute Gasteiger partial charge is 0.467 e. The molecule has 1 N–H and O–H groups in total. The van der Waals surface area contributed by atoms with Crippen LogP contribution in [0.3, 0.4) is 0 Å². The molecule has 3 aliphatic rings. The maximum atomic E-state index is 13.1. The number of carbonyl (C=O) groups is 2. The number of hydrogen-bond acceptors (Lipinski definition) is 4. The average molecular weight is 399 g/mol. The smallest absolute Gasteiger partial charge is 0.230 e. The van der Waals surface area contributed by atoms with Crippen LogP contribution in [0.4, 0.5) is 0 Å². The monoisotopic (exact) mass is 398 g/mol. The summed E-state index contributed by atoms with van der Waals surface area (Å²) in [5, 5.41) is 3.53. The molecule has 4 unspecified atom stereocenters. The van der Waals surface area contributed by atoms with Crippen LogP contribution >= 0.6 is 11.6 Å². The topological polar surface area (TPSA) is 71.8 Å². The maximum absolute atomic E-state index is 13.1. The number of halogens is 1. The quantitative estimate of drug-likeness (QED) is 0.785. The van der Waals surface area contributed by atoms with Gasteiger partial charge in [-0.1, -0.05) is 42.0 Å². The Morgan fingerprint density at radius 1 is 1.29 bits per heavy atom. The molecule has 4 heterocycles. The van der Waals surface area contributed by atoms with Gasteiger partial charge < -0.3 is 19.4 Å². The van der Waals surface area contributed by atoms with Crippen LogP contribution in [-0.2, 0) is 27.4 Å². The number of amides is 2. The minimum Gasteiger partial charge on any atom is -0.467 e. The predicted molar refractivity (Wildman–Crippen MR) is 101 cm³/mol. The lowest BCUT2D eigenvalue weighted by Crippen LogP contribution is -2.43. The zero-order chi connectivity index (χ0) is 19.3. The summed E-state index contributed by atoms with van der Waals surface area (Å²) in [6, 6.07) is 11.0. The molecule has 2 amide bonds. The highest BCUT2D eigenvalue weighted by molar-refractivity contribution is 6.31. The third kappa shape index (κ3) is 2.67. The zero-order valence-corrected chi connectivity index (χ0v) is 15.8. The van der Waals surface area contributed by atoms with Crippen LogP contribution in [0.1, 0.15) is 11.3 Å². The Bertz CT molecular complexity index is 957. The van der Waals surface area contributed by atoms with E-state index in [1.165, 1.54) is 0 Å². The molecule has 0 saturated carbocycles. The van der Waals surface area contributed by atoms with E-state index in [-0.39, 0.29) is 17.9 Å². The third-order valence-corrected chi connectivity index (χ3v) is 6.19. The number of nitrogens with one attached hydrogen (secondary N) is 1. The number of benzene rings is 1. The lowest BCUT2D eigenvalue weighted by Gasteiger charge is -2.23. The number of hydrogen-bond donors (Lipinski definition) is 1. The molecular weight excluding hydrogens is 380 g/mol. The minimum atomic E-state index is -0.721. The van der Waals surface area contributed by atoms with E-state index in [0.717, 1.165) is 5.56 Å². The van der Waals surface area contributed by atoms with Gasteiger partial charge >= 0.3 is 0 Å². The van der Waals surface area contributed by atoms with Gasteiger partial charge in [-0.2, -0.15) is 0 Å². The van der Waals surface area contributed by atoms with Gasteiger partial charge in [0.2, 0.25) is 11.8 Å². The van der Waals surface area contributed by atoms with Crippen molar-refractivity contribution in [1.29, 1.82) is 0 Å². The molecule has 1 spiro atoms. The molecule has 1 aromatic heterocycles. The average Bonchev–Trinajstić information content (AvgIpc) is 3.44. The van der Waals surface area contributed by atoms with Crippen LogP contribution in [-0.4, -0.2) is 35.0 Å². The summed E-state index contributed by atoms with van der Waals surface area (Å²) in [6.07, 6.45) is 5.06. The predicted octanol–water partition coefficient (Wildman–Crippen LogP) is 2.53. The van der Waals surface area contributed by atoms with Crippen LogP contribution in [0.2, 0.25) is 5.02 Å². The Labute approximate surface area is 167 Å². The van der Waals surface area contributed by atoms with Gasteiger partial charge in [-0.15, -0.1) is 0 Å². The highest BCUT2D eigenvalue weighted by Crippen LogP contribution is 2.52. The van der Waals surface area contributed by atoms with Crippen molar-refractivity contribution < 1.29 is 18.7 Å². The molecule has 28 heavy (non-hydrogen) atoms. The Morgan fingerprint density at radius 2 is 2.14 bits per heavy atom. The van der Waals surface area contributed by atoms with Gasteiger partial charge in [-0.25, -0.2) is 0 Å². The number of rotatable bonds is 5. The molecule has 2 saturated heterocycles. The van der Waals surface area contributed by atoms with Crippen molar-refractivity contribution >= 4 is 23.4 Å². The molecule has 6 nitrogen and oxygen atoms in total. The van der Waals surface area contributed by atoms with Crippen molar-refractivity contribution in [2.45, 2.75) is 24.8 Å². The number of nitrogens with zero attached hydrogens (tertiary/aromatic N) is 1. The first-order valence-electron chi connectivity index (χ1n) is 9.27. The lowest BCUT2D eigenvalue weighted by molar-refractivity contribution is -0.138. The summed E-state index contributed by atoms with van der Waals surface area (Å²) in [5.74, 6) is -0.594. The second kappa shape index (κ2) is 6.50. The number of furan rings is 1. The Morgan fingerprint density at radius 3 is 2.93 bits per heavy atom. The molecule has 1 aromatic carbocycles. The first kappa shape index (κ1) is 17.5. The number of ether oxygens (including phenoxy) is 1. The first-order valence-corrected chi connectivity index (χ1v) is 9.65. The minimum absolute atomic E-state index is 0.0684. The summed E-state index contributed by atoms with van der Waals surface area (Å²) in [7, 11) is 0. The van der Waals surface area contributed by atoms with Crippen molar-refractivity contribution in [3.63, 3.8) is 0 Å². The van der Waals surface area contributed by atoms with E-state index >= 15 is 0 Å². The van der Waals surface area contributed by atoms with Gasteiger partial charge in [0.05, 0.1) is 37.3 Å². The van der Waals surface area contributed by atoms with E-state index in [4.69, 9.17) is 20.8 Å². The van der Waals surface area contributed by atoms with Crippen molar-refractivity contribution in [3.05, 3.63) is 71.2 Å². The zero-order valence-electron chi connectivity index (χ0n) is 15.0. The molecule has 2 fully saturated rings. The second-order valence-electron chi connectivity index (χ2n) is 7.48. The number of fused-ring (bicyclic) bond motifs is 1. The molecule has 3 aliphatic heterocycles. The molecule has 4 atom stereocenters. The summed E-state index contributed by atoms with van der Waals surface area (Å²) in [5.41, 5.74) is 0.116. The molecule has 0 radical (unpaired) electrons. The SMILES string of the molecule is O=C(NCc1ccccc1Cl)C1C2C=CC3(CN(Cc4ccco4)C(=O)C13)O2. The number of likely N-dealkylation sites (tertiary alicyclic amines) is 1.